The van der Waals surface area contributed by atoms with E-state index in [2.05, 4.69) is 10.2 Å². The van der Waals surface area contributed by atoms with Crippen LogP contribution in [0.2, 0.25) is 0 Å². The second kappa shape index (κ2) is 7.25. The van der Waals surface area contributed by atoms with Crippen molar-refractivity contribution < 1.29 is 13.9 Å². The Morgan fingerprint density at radius 1 is 1.12 bits per heavy atom. The summed E-state index contributed by atoms with van der Waals surface area (Å²) in [6, 6.07) is 13.2. The van der Waals surface area contributed by atoms with Gasteiger partial charge >= 0.3 is 5.97 Å². The third kappa shape index (κ3) is 3.42. The SMILES string of the molecule is CCOC(=O)c1cccc(-n2c(CC)nnc2-c2cccc(F)c2)c1. The van der Waals surface area contributed by atoms with Crippen LogP contribution >= 0.6 is 0 Å². The van der Waals surface area contributed by atoms with E-state index in [9.17, 15) is 9.18 Å². The van der Waals surface area contributed by atoms with Crippen LogP contribution in [0.3, 0.4) is 0 Å². The number of carbonyl (C=O) groups is 1. The first kappa shape index (κ1) is 16.8. The number of aromatic nitrogens is 3. The fourth-order valence-corrected chi connectivity index (χ4v) is 2.62. The lowest BCUT2D eigenvalue weighted by molar-refractivity contribution is 0.0526. The molecule has 6 heteroatoms. The van der Waals surface area contributed by atoms with E-state index in [1.54, 1.807) is 37.3 Å². The highest BCUT2D eigenvalue weighted by molar-refractivity contribution is 5.90. The molecule has 0 N–H and O–H groups in total. The number of hydrogen-bond acceptors (Lipinski definition) is 4. The molecule has 0 unspecified atom stereocenters. The Balaban J connectivity index is 2.12. The highest BCUT2D eigenvalue weighted by Gasteiger charge is 2.16. The zero-order valence-corrected chi connectivity index (χ0v) is 14.1. The van der Waals surface area contributed by atoms with E-state index in [0.29, 0.717) is 30.0 Å². The minimum atomic E-state index is -0.386. The third-order valence-corrected chi connectivity index (χ3v) is 3.74. The maximum Gasteiger partial charge on any atom is 0.338 e. The van der Waals surface area contributed by atoms with Crippen molar-refractivity contribution >= 4 is 5.97 Å². The van der Waals surface area contributed by atoms with Gasteiger partial charge in [-0.3, -0.25) is 4.57 Å². The summed E-state index contributed by atoms with van der Waals surface area (Å²) < 4.78 is 20.5. The van der Waals surface area contributed by atoms with Gasteiger partial charge in [-0.25, -0.2) is 9.18 Å². The number of aryl methyl sites for hydroxylation is 1. The van der Waals surface area contributed by atoms with Gasteiger partial charge in [0.05, 0.1) is 12.2 Å². The molecular weight excluding hydrogens is 321 g/mol. The molecule has 0 atom stereocenters. The molecule has 0 aliphatic rings. The van der Waals surface area contributed by atoms with Crippen LogP contribution < -0.4 is 0 Å². The first-order valence-corrected chi connectivity index (χ1v) is 8.11. The van der Waals surface area contributed by atoms with E-state index < -0.39 is 0 Å². The molecule has 0 fully saturated rings. The standard InChI is InChI=1S/C19H18FN3O2/c1-3-17-21-22-18(13-7-5-9-15(20)11-13)23(17)16-10-6-8-14(12-16)19(24)25-4-2/h5-12H,3-4H2,1-2H3. The lowest BCUT2D eigenvalue weighted by Crippen LogP contribution is -2.07. The van der Waals surface area contributed by atoms with Crippen LogP contribution in [0.1, 0.15) is 30.0 Å². The van der Waals surface area contributed by atoms with Crippen LogP contribution in [0.25, 0.3) is 17.1 Å². The lowest BCUT2D eigenvalue weighted by Gasteiger charge is -2.11. The molecule has 1 heterocycles. The van der Waals surface area contributed by atoms with Crippen molar-refractivity contribution in [2.75, 3.05) is 6.61 Å². The molecule has 3 rings (SSSR count). The average molecular weight is 339 g/mol. The van der Waals surface area contributed by atoms with E-state index in [1.165, 1.54) is 12.1 Å². The summed E-state index contributed by atoms with van der Waals surface area (Å²) in [5.74, 6) is 0.519. The van der Waals surface area contributed by atoms with Crippen molar-refractivity contribution in [2.24, 2.45) is 0 Å². The normalized spacial score (nSPS) is 10.7. The summed E-state index contributed by atoms with van der Waals surface area (Å²) in [6.07, 6.45) is 0.645. The highest BCUT2D eigenvalue weighted by atomic mass is 19.1. The Morgan fingerprint density at radius 2 is 1.92 bits per heavy atom. The van der Waals surface area contributed by atoms with Crippen LogP contribution in [0, 0.1) is 5.82 Å². The Labute approximate surface area is 145 Å². The van der Waals surface area contributed by atoms with Gasteiger partial charge in [0.15, 0.2) is 5.82 Å². The van der Waals surface area contributed by atoms with Gasteiger partial charge in [-0.15, -0.1) is 10.2 Å². The summed E-state index contributed by atoms with van der Waals surface area (Å²) >= 11 is 0. The fourth-order valence-electron chi connectivity index (χ4n) is 2.62. The number of carbonyl (C=O) groups excluding carboxylic acids is 1. The minimum Gasteiger partial charge on any atom is -0.462 e. The molecule has 0 bridgehead atoms. The van der Waals surface area contributed by atoms with E-state index in [1.807, 2.05) is 17.6 Å². The van der Waals surface area contributed by atoms with Gasteiger partial charge in [0, 0.05) is 17.7 Å². The topological polar surface area (TPSA) is 57.0 Å². The molecule has 1 aromatic heterocycles. The van der Waals surface area contributed by atoms with Crippen molar-refractivity contribution in [1.82, 2.24) is 14.8 Å². The summed E-state index contributed by atoms with van der Waals surface area (Å²) in [7, 11) is 0. The Hall–Kier alpha value is -3.02. The van der Waals surface area contributed by atoms with Crippen LogP contribution in [0.5, 0.6) is 0 Å². The molecular formula is C19H18FN3O2. The molecule has 25 heavy (non-hydrogen) atoms. The van der Waals surface area contributed by atoms with Gasteiger partial charge in [0.25, 0.3) is 0 Å². The zero-order chi connectivity index (χ0) is 17.8. The molecule has 0 amide bonds. The number of hydrogen-bond donors (Lipinski definition) is 0. The fraction of sp³-hybridized carbons (Fsp3) is 0.211. The lowest BCUT2D eigenvalue weighted by atomic mass is 10.1. The Morgan fingerprint density at radius 3 is 2.64 bits per heavy atom. The summed E-state index contributed by atoms with van der Waals surface area (Å²) in [5.41, 5.74) is 1.79. The molecule has 0 aliphatic carbocycles. The first-order chi connectivity index (χ1) is 12.1. The smallest absolute Gasteiger partial charge is 0.338 e. The predicted molar refractivity (Wildman–Crippen MR) is 92.1 cm³/mol. The van der Waals surface area contributed by atoms with E-state index in [-0.39, 0.29) is 11.8 Å². The van der Waals surface area contributed by atoms with Crippen molar-refractivity contribution in [3.05, 3.63) is 65.7 Å². The molecule has 128 valence electrons. The Bertz CT molecular complexity index is 905. The predicted octanol–water partition coefficient (Wildman–Crippen LogP) is 3.81. The van der Waals surface area contributed by atoms with Gasteiger partial charge in [0.2, 0.25) is 0 Å². The maximum atomic E-state index is 13.6. The van der Waals surface area contributed by atoms with Crippen LogP contribution in [0.15, 0.2) is 48.5 Å². The summed E-state index contributed by atoms with van der Waals surface area (Å²) in [6.45, 7) is 4.04. The number of nitrogens with zero attached hydrogens (tertiary/aromatic N) is 3. The molecule has 3 aromatic rings. The van der Waals surface area contributed by atoms with Crippen molar-refractivity contribution in [1.29, 1.82) is 0 Å². The van der Waals surface area contributed by atoms with Crippen LogP contribution in [0.4, 0.5) is 4.39 Å². The molecule has 0 saturated heterocycles. The van der Waals surface area contributed by atoms with Crippen LogP contribution in [-0.2, 0) is 11.2 Å². The van der Waals surface area contributed by atoms with Gasteiger partial charge in [-0.1, -0.05) is 25.1 Å². The second-order valence-corrected chi connectivity index (χ2v) is 5.41. The third-order valence-electron chi connectivity index (χ3n) is 3.74. The first-order valence-electron chi connectivity index (χ1n) is 8.11. The van der Waals surface area contributed by atoms with Crippen molar-refractivity contribution in [3.8, 4) is 17.1 Å². The number of benzene rings is 2. The number of halogens is 1. The van der Waals surface area contributed by atoms with Gasteiger partial charge in [0.1, 0.15) is 11.6 Å². The maximum absolute atomic E-state index is 13.6. The van der Waals surface area contributed by atoms with Crippen LogP contribution in [-0.4, -0.2) is 27.3 Å². The van der Waals surface area contributed by atoms with Crippen molar-refractivity contribution in [3.63, 3.8) is 0 Å². The zero-order valence-electron chi connectivity index (χ0n) is 14.1. The molecule has 2 aromatic carbocycles. The van der Waals surface area contributed by atoms with E-state index in [4.69, 9.17) is 4.74 Å². The summed E-state index contributed by atoms with van der Waals surface area (Å²) in [5, 5.41) is 8.42. The number of esters is 1. The molecule has 0 aliphatic heterocycles. The van der Waals surface area contributed by atoms with E-state index >= 15 is 0 Å². The Kier molecular flexibility index (Phi) is 4.88. The summed E-state index contributed by atoms with van der Waals surface area (Å²) in [4.78, 5) is 12.0. The monoisotopic (exact) mass is 339 g/mol. The average Bonchev–Trinajstić information content (AvgIpc) is 3.06. The quantitative estimate of drug-likeness (QED) is 0.663. The molecule has 5 nitrogen and oxygen atoms in total. The molecule has 0 spiro atoms. The largest absolute Gasteiger partial charge is 0.462 e. The van der Waals surface area contributed by atoms with Gasteiger partial charge < -0.3 is 4.74 Å². The van der Waals surface area contributed by atoms with E-state index in [0.717, 1.165) is 11.5 Å². The molecule has 0 radical (unpaired) electrons. The second-order valence-electron chi connectivity index (χ2n) is 5.41. The number of rotatable bonds is 5. The van der Waals surface area contributed by atoms with Crippen molar-refractivity contribution in [2.45, 2.75) is 20.3 Å². The molecule has 0 saturated carbocycles. The highest BCUT2D eigenvalue weighted by Crippen LogP contribution is 2.24. The van der Waals surface area contributed by atoms with Gasteiger partial charge in [-0.2, -0.15) is 0 Å². The minimum absolute atomic E-state index is 0.310. The number of ether oxygens (including phenoxy) is 1. The van der Waals surface area contributed by atoms with Gasteiger partial charge in [-0.05, 0) is 37.3 Å².